The molecule has 0 bridgehead atoms. The van der Waals surface area contributed by atoms with E-state index in [1.54, 1.807) is 4.68 Å². The normalized spacial score (nSPS) is 17.5. The van der Waals surface area contributed by atoms with E-state index in [2.05, 4.69) is 15.0 Å². The molecule has 1 N–H and O–H groups in total. The molecule has 2 aromatic rings. The highest BCUT2D eigenvalue weighted by atomic mass is 16.3. The van der Waals surface area contributed by atoms with Crippen molar-refractivity contribution in [3.05, 3.63) is 47.5 Å². The molecule has 5 nitrogen and oxygen atoms in total. The van der Waals surface area contributed by atoms with Crippen molar-refractivity contribution in [2.45, 2.75) is 32.5 Å². The van der Waals surface area contributed by atoms with Gasteiger partial charge in [0.1, 0.15) is 12.4 Å². The van der Waals surface area contributed by atoms with E-state index in [1.807, 2.05) is 31.2 Å². The number of likely N-dealkylation sites (tertiary alicyclic amines) is 1. The molecule has 0 saturated carbocycles. The van der Waals surface area contributed by atoms with Crippen molar-refractivity contribution in [1.29, 1.82) is 0 Å². The summed E-state index contributed by atoms with van der Waals surface area (Å²) in [5.41, 5.74) is 2.03. The summed E-state index contributed by atoms with van der Waals surface area (Å²) in [6.45, 7) is 4.93. The number of nitrogens with zero attached hydrogens (tertiary/aromatic N) is 4. The molecule has 1 aromatic heterocycles. The molecule has 20 heavy (non-hydrogen) atoms. The second-order valence-electron chi connectivity index (χ2n) is 5.40. The molecule has 3 rings (SSSR count). The van der Waals surface area contributed by atoms with E-state index in [0.717, 1.165) is 18.7 Å². The number of aliphatic hydroxyl groups is 1. The first-order chi connectivity index (χ1) is 9.74. The van der Waals surface area contributed by atoms with Crippen molar-refractivity contribution in [3.8, 4) is 0 Å². The maximum absolute atomic E-state index is 10.5. The largest absolute Gasteiger partial charge is 0.380 e. The fourth-order valence-corrected chi connectivity index (χ4v) is 2.61. The van der Waals surface area contributed by atoms with Crippen LogP contribution in [0.5, 0.6) is 0 Å². The summed E-state index contributed by atoms with van der Waals surface area (Å²) in [4.78, 5) is 6.57. The SMILES string of the molecule is Cc1ccc(C(O)c2ncnn2CN2CCCC2)cc1. The average Bonchev–Trinajstić information content (AvgIpc) is 3.11. The van der Waals surface area contributed by atoms with Gasteiger partial charge in [0.15, 0.2) is 5.82 Å². The van der Waals surface area contributed by atoms with Crippen molar-refractivity contribution in [3.63, 3.8) is 0 Å². The third-order valence-corrected chi connectivity index (χ3v) is 3.82. The number of hydrogen-bond acceptors (Lipinski definition) is 4. The third-order valence-electron chi connectivity index (χ3n) is 3.82. The molecule has 1 saturated heterocycles. The Morgan fingerprint density at radius 3 is 2.60 bits per heavy atom. The quantitative estimate of drug-likeness (QED) is 0.921. The number of aryl methyl sites for hydroxylation is 1. The smallest absolute Gasteiger partial charge is 0.161 e. The minimum Gasteiger partial charge on any atom is -0.380 e. The molecule has 5 heteroatoms. The van der Waals surface area contributed by atoms with Gasteiger partial charge in [-0.15, -0.1) is 0 Å². The van der Waals surface area contributed by atoms with E-state index in [4.69, 9.17) is 0 Å². The highest BCUT2D eigenvalue weighted by Gasteiger charge is 2.19. The van der Waals surface area contributed by atoms with Crippen molar-refractivity contribution < 1.29 is 5.11 Å². The zero-order valence-corrected chi connectivity index (χ0v) is 11.7. The first kappa shape index (κ1) is 13.3. The van der Waals surface area contributed by atoms with Crippen LogP contribution in [0.15, 0.2) is 30.6 Å². The number of benzene rings is 1. The van der Waals surface area contributed by atoms with Crippen molar-refractivity contribution in [1.82, 2.24) is 19.7 Å². The maximum Gasteiger partial charge on any atom is 0.161 e. The minimum atomic E-state index is -0.722. The van der Waals surface area contributed by atoms with Crippen LogP contribution >= 0.6 is 0 Å². The zero-order valence-electron chi connectivity index (χ0n) is 11.7. The Labute approximate surface area is 118 Å². The predicted molar refractivity (Wildman–Crippen MR) is 76.1 cm³/mol. The molecule has 1 aliphatic heterocycles. The van der Waals surface area contributed by atoms with Gasteiger partial charge in [-0.05, 0) is 38.4 Å². The third kappa shape index (κ3) is 2.73. The van der Waals surface area contributed by atoms with Crippen LogP contribution in [0.4, 0.5) is 0 Å². The number of aromatic nitrogens is 3. The lowest BCUT2D eigenvalue weighted by molar-refractivity contribution is 0.184. The Morgan fingerprint density at radius 2 is 1.90 bits per heavy atom. The summed E-state index contributed by atoms with van der Waals surface area (Å²) < 4.78 is 1.80. The van der Waals surface area contributed by atoms with Crippen LogP contribution in [0, 0.1) is 6.92 Å². The summed E-state index contributed by atoms with van der Waals surface area (Å²) >= 11 is 0. The second kappa shape index (κ2) is 5.73. The minimum absolute atomic E-state index is 0.612. The predicted octanol–water partition coefficient (Wildman–Crippen LogP) is 1.72. The van der Waals surface area contributed by atoms with Crippen molar-refractivity contribution >= 4 is 0 Å². The summed E-state index contributed by atoms with van der Waals surface area (Å²) in [7, 11) is 0. The first-order valence-corrected chi connectivity index (χ1v) is 7.09. The zero-order chi connectivity index (χ0) is 13.9. The molecule has 2 heterocycles. The molecular formula is C15H20N4O. The van der Waals surface area contributed by atoms with Crippen LogP contribution in [0.1, 0.15) is 35.9 Å². The van der Waals surface area contributed by atoms with Gasteiger partial charge in [-0.2, -0.15) is 5.10 Å². The van der Waals surface area contributed by atoms with Gasteiger partial charge in [0, 0.05) is 0 Å². The van der Waals surface area contributed by atoms with Crippen LogP contribution < -0.4 is 0 Å². The van der Waals surface area contributed by atoms with Crippen molar-refractivity contribution in [2.75, 3.05) is 13.1 Å². The van der Waals surface area contributed by atoms with E-state index in [-0.39, 0.29) is 0 Å². The highest BCUT2D eigenvalue weighted by molar-refractivity contribution is 5.26. The van der Waals surface area contributed by atoms with E-state index in [0.29, 0.717) is 12.5 Å². The monoisotopic (exact) mass is 272 g/mol. The van der Waals surface area contributed by atoms with Crippen LogP contribution in [0.25, 0.3) is 0 Å². The van der Waals surface area contributed by atoms with E-state index < -0.39 is 6.10 Å². The summed E-state index contributed by atoms with van der Waals surface area (Å²) in [6, 6.07) is 7.88. The van der Waals surface area contributed by atoms with Gasteiger partial charge in [0.05, 0.1) is 6.67 Å². The molecule has 0 spiro atoms. The molecule has 1 atom stereocenters. The van der Waals surface area contributed by atoms with Gasteiger partial charge >= 0.3 is 0 Å². The van der Waals surface area contributed by atoms with Gasteiger partial charge in [-0.3, -0.25) is 4.90 Å². The molecule has 0 radical (unpaired) electrons. The van der Waals surface area contributed by atoms with Gasteiger partial charge in [0.2, 0.25) is 0 Å². The average molecular weight is 272 g/mol. The first-order valence-electron chi connectivity index (χ1n) is 7.09. The molecular weight excluding hydrogens is 252 g/mol. The highest BCUT2D eigenvalue weighted by Crippen LogP contribution is 2.21. The topological polar surface area (TPSA) is 54.2 Å². The number of hydrogen-bond donors (Lipinski definition) is 1. The molecule has 1 aliphatic rings. The van der Waals surface area contributed by atoms with E-state index in [9.17, 15) is 5.11 Å². The van der Waals surface area contributed by atoms with Crippen LogP contribution in [-0.4, -0.2) is 37.9 Å². The summed E-state index contributed by atoms with van der Waals surface area (Å²) in [5.74, 6) is 0.612. The van der Waals surface area contributed by atoms with E-state index in [1.165, 1.54) is 24.7 Å². The molecule has 1 fully saturated rings. The molecule has 0 aliphatic carbocycles. The second-order valence-corrected chi connectivity index (χ2v) is 5.40. The number of rotatable bonds is 4. The van der Waals surface area contributed by atoms with Crippen LogP contribution in [0.3, 0.4) is 0 Å². The summed E-state index contributed by atoms with van der Waals surface area (Å²) in [6.07, 6.45) is 3.28. The lowest BCUT2D eigenvalue weighted by Crippen LogP contribution is -2.25. The Morgan fingerprint density at radius 1 is 1.20 bits per heavy atom. The molecule has 1 aromatic carbocycles. The fourth-order valence-electron chi connectivity index (χ4n) is 2.61. The van der Waals surface area contributed by atoms with Crippen molar-refractivity contribution in [2.24, 2.45) is 0 Å². The van der Waals surface area contributed by atoms with Gasteiger partial charge in [0.25, 0.3) is 0 Å². The molecule has 1 unspecified atom stereocenters. The maximum atomic E-state index is 10.5. The standard InChI is InChI=1S/C15H20N4O/c1-12-4-6-13(7-5-12)14(20)15-16-10-17-19(15)11-18-8-2-3-9-18/h4-7,10,14,20H,2-3,8-9,11H2,1H3. The molecule has 106 valence electrons. The van der Waals surface area contributed by atoms with Gasteiger partial charge in [-0.1, -0.05) is 29.8 Å². The Hall–Kier alpha value is -1.72. The van der Waals surface area contributed by atoms with Crippen LogP contribution in [-0.2, 0) is 6.67 Å². The van der Waals surface area contributed by atoms with E-state index >= 15 is 0 Å². The number of aliphatic hydroxyl groups excluding tert-OH is 1. The van der Waals surface area contributed by atoms with Gasteiger partial charge < -0.3 is 5.11 Å². The summed E-state index contributed by atoms with van der Waals surface area (Å²) in [5, 5.41) is 14.7. The Bertz CT molecular complexity index is 558. The lowest BCUT2D eigenvalue weighted by Gasteiger charge is -2.18. The Kier molecular flexibility index (Phi) is 3.80. The van der Waals surface area contributed by atoms with Crippen LogP contribution in [0.2, 0.25) is 0 Å². The lowest BCUT2D eigenvalue weighted by atomic mass is 10.1. The molecule has 0 amide bonds. The Balaban J connectivity index is 1.79. The fraction of sp³-hybridized carbons (Fsp3) is 0.467. The van der Waals surface area contributed by atoms with Gasteiger partial charge in [-0.25, -0.2) is 9.67 Å².